The van der Waals surface area contributed by atoms with Crippen LogP contribution in [-0.4, -0.2) is 51.8 Å². The Morgan fingerprint density at radius 3 is 2.60 bits per heavy atom. The van der Waals surface area contributed by atoms with E-state index in [2.05, 4.69) is 40.4 Å². The standard InChI is InChI=1S/C19H27N5O/c1-14(2)24-15(3)13-17(16(24)4)19(25)23-10-6-9-22(11-12-23)18-7-5-8-20-21-18/h5,7-8,13-14H,6,9-12H2,1-4H3. The van der Waals surface area contributed by atoms with E-state index in [-0.39, 0.29) is 5.91 Å². The van der Waals surface area contributed by atoms with Gasteiger partial charge in [0.25, 0.3) is 5.91 Å². The van der Waals surface area contributed by atoms with Crippen molar-refractivity contribution < 1.29 is 4.79 Å². The molecule has 0 saturated carbocycles. The van der Waals surface area contributed by atoms with Gasteiger partial charge in [-0.2, -0.15) is 5.10 Å². The van der Waals surface area contributed by atoms with Crippen LogP contribution >= 0.6 is 0 Å². The SMILES string of the molecule is Cc1cc(C(=O)N2CCCN(c3cccnn3)CC2)c(C)n1C(C)C. The number of rotatable bonds is 3. The number of nitrogens with zero attached hydrogens (tertiary/aromatic N) is 5. The average Bonchev–Trinajstić information content (AvgIpc) is 2.77. The Morgan fingerprint density at radius 1 is 1.16 bits per heavy atom. The summed E-state index contributed by atoms with van der Waals surface area (Å²) in [6.07, 6.45) is 2.62. The molecular weight excluding hydrogens is 314 g/mol. The minimum Gasteiger partial charge on any atom is -0.353 e. The molecule has 0 unspecified atom stereocenters. The van der Waals surface area contributed by atoms with Gasteiger partial charge in [0.2, 0.25) is 0 Å². The van der Waals surface area contributed by atoms with Gasteiger partial charge in [-0.3, -0.25) is 4.79 Å². The normalized spacial score (nSPS) is 15.6. The minimum absolute atomic E-state index is 0.140. The lowest BCUT2D eigenvalue weighted by molar-refractivity contribution is 0.0766. The number of hydrogen-bond acceptors (Lipinski definition) is 4. The number of hydrogen-bond donors (Lipinski definition) is 0. The molecule has 0 N–H and O–H groups in total. The molecule has 0 aromatic carbocycles. The van der Waals surface area contributed by atoms with Crippen LogP contribution in [0.15, 0.2) is 24.4 Å². The molecule has 6 nitrogen and oxygen atoms in total. The molecule has 0 radical (unpaired) electrons. The topological polar surface area (TPSA) is 54.3 Å². The van der Waals surface area contributed by atoms with Crippen LogP contribution in [-0.2, 0) is 0 Å². The van der Waals surface area contributed by atoms with Gasteiger partial charge >= 0.3 is 0 Å². The molecule has 1 aliphatic heterocycles. The summed E-state index contributed by atoms with van der Waals surface area (Å²) in [7, 11) is 0. The van der Waals surface area contributed by atoms with Crippen LogP contribution in [0.5, 0.6) is 0 Å². The van der Waals surface area contributed by atoms with Crippen LogP contribution in [0.25, 0.3) is 0 Å². The molecule has 0 atom stereocenters. The van der Waals surface area contributed by atoms with Crippen LogP contribution in [0, 0.1) is 13.8 Å². The van der Waals surface area contributed by atoms with Crippen LogP contribution in [0.1, 0.15) is 48.1 Å². The van der Waals surface area contributed by atoms with Gasteiger partial charge in [0, 0.05) is 49.8 Å². The highest BCUT2D eigenvalue weighted by molar-refractivity contribution is 5.95. The Labute approximate surface area is 149 Å². The molecular formula is C19H27N5O. The van der Waals surface area contributed by atoms with Crippen molar-refractivity contribution in [3.63, 3.8) is 0 Å². The zero-order chi connectivity index (χ0) is 18.0. The summed E-state index contributed by atoms with van der Waals surface area (Å²) < 4.78 is 2.23. The van der Waals surface area contributed by atoms with Gasteiger partial charge in [0.05, 0.1) is 5.56 Å². The molecule has 3 heterocycles. The van der Waals surface area contributed by atoms with E-state index < -0.39 is 0 Å². The highest BCUT2D eigenvalue weighted by atomic mass is 16.2. The quantitative estimate of drug-likeness (QED) is 0.861. The summed E-state index contributed by atoms with van der Waals surface area (Å²) >= 11 is 0. The van der Waals surface area contributed by atoms with Crippen LogP contribution in [0.2, 0.25) is 0 Å². The molecule has 1 fully saturated rings. The van der Waals surface area contributed by atoms with Gasteiger partial charge in [-0.15, -0.1) is 5.10 Å². The van der Waals surface area contributed by atoms with Gasteiger partial charge in [-0.1, -0.05) is 0 Å². The van der Waals surface area contributed by atoms with E-state index in [1.165, 1.54) is 0 Å². The fourth-order valence-electron chi connectivity index (χ4n) is 3.77. The maximum absolute atomic E-state index is 13.1. The number of aryl methyl sites for hydroxylation is 1. The first kappa shape index (κ1) is 17.5. The molecule has 3 rings (SSSR count). The van der Waals surface area contributed by atoms with Crippen molar-refractivity contribution in [3.05, 3.63) is 41.3 Å². The smallest absolute Gasteiger partial charge is 0.255 e. The molecule has 0 bridgehead atoms. The van der Waals surface area contributed by atoms with Gasteiger partial charge in [0.15, 0.2) is 5.82 Å². The lowest BCUT2D eigenvalue weighted by atomic mass is 10.2. The second kappa shape index (κ2) is 7.25. The Kier molecular flexibility index (Phi) is 5.06. The van der Waals surface area contributed by atoms with E-state index in [1.54, 1.807) is 6.20 Å². The van der Waals surface area contributed by atoms with Crippen LogP contribution < -0.4 is 4.90 Å². The summed E-state index contributed by atoms with van der Waals surface area (Å²) in [4.78, 5) is 17.3. The first-order chi connectivity index (χ1) is 12.0. The second-order valence-corrected chi connectivity index (χ2v) is 6.96. The van der Waals surface area contributed by atoms with Gasteiger partial charge in [-0.25, -0.2) is 0 Å². The third kappa shape index (κ3) is 3.52. The number of carbonyl (C=O) groups is 1. The molecule has 25 heavy (non-hydrogen) atoms. The summed E-state index contributed by atoms with van der Waals surface area (Å²) in [5.74, 6) is 1.02. The molecule has 0 aliphatic carbocycles. The summed E-state index contributed by atoms with van der Waals surface area (Å²) in [5, 5.41) is 8.15. The van der Waals surface area contributed by atoms with E-state index in [1.807, 2.05) is 30.0 Å². The first-order valence-corrected chi connectivity index (χ1v) is 8.99. The zero-order valence-corrected chi connectivity index (χ0v) is 15.6. The van der Waals surface area contributed by atoms with Crippen LogP contribution in [0.4, 0.5) is 5.82 Å². The molecule has 6 heteroatoms. The third-order valence-corrected chi connectivity index (χ3v) is 4.90. The van der Waals surface area contributed by atoms with Gasteiger partial charge in [-0.05, 0) is 52.3 Å². The van der Waals surface area contributed by atoms with E-state index >= 15 is 0 Å². The van der Waals surface area contributed by atoms with Crippen molar-refractivity contribution in [2.24, 2.45) is 0 Å². The highest BCUT2D eigenvalue weighted by Crippen LogP contribution is 2.22. The summed E-state index contributed by atoms with van der Waals surface area (Å²) in [6.45, 7) is 11.6. The highest BCUT2D eigenvalue weighted by Gasteiger charge is 2.24. The Balaban J connectivity index is 1.75. The van der Waals surface area contributed by atoms with E-state index in [0.717, 1.165) is 48.8 Å². The van der Waals surface area contributed by atoms with E-state index in [9.17, 15) is 4.79 Å². The van der Waals surface area contributed by atoms with Crippen molar-refractivity contribution in [1.82, 2.24) is 19.7 Å². The van der Waals surface area contributed by atoms with Crippen molar-refractivity contribution in [2.45, 2.75) is 40.2 Å². The molecule has 1 saturated heterocycles. The van der Waals surface area contributed by atoms with Crippen LogP contribution in [0.3, 0.4) is 0 Å². The fraction of sp³-hybridized carbons (Fsp3) is 0.526. The van der Waals surface area contributed by atoms with Crippen molar-refractivity contribution in [1.29, 1.82) is 0 Å². The molecule has 2 aromatic rings. The second-order valence-electron chi connectivity index (χ2n) is 6.96. The van der Waals surface area contributed by atoms with Gasteiger partial charge in [0.1, 0.15) is 0 Å². The third-order valence-electron chi connectivity index (χ3n) is 4.90. The first-order valence-electron chi connectivity index (χ1n) is 8.99. The molecule has 134 valence electrons. The number of carbonyl (C=O) groups excluding carboxylic acids is 1. The Hall–Kier alpha value is -2.37. The summed E-state index contributed by atoms with van der Waals surface area (Å²) in [6, 6.07) is 6.26. The van der Waals surface area contributed by atoms with Crippen molar-refractivity contribution in [3.8, 4) is 0 Å². The number of aromatic nitrogens is 3. The number of anilines is 1. The predicted octanol–water partition coefficient (Wildman–Crippen LogP) is 2.83. The number of amides is 1. The largest absolute Gasteiger partial charge is 0.353 e. The maximum atomic E-state index is 13.1. The lowest BCUT2D eigenvalue weighted by Gasteiger charge is -2.22. The van der Waals surface area contributed by atoms with E-state index in [0.29, 0.717) is 12.6 Å². The minimum atomic E-state index is 0.140. The Bertz CT molecular complexity index is 738. The Morgan fingerprint density at radius 2 is 1.96 bits per heavy atom. The zero-order valence-electron chi connectivity index (χ0n) is 15.6. The maximum Gasteiger partial charge on any atom is 0.255 e. The van der Waals surface area contributed by atoms with Crippen molar-refractivity contribution in [2.75, 3.05) is 31.1 Å². The monoisotopic (exact) mass is 341 g/mol. The van der Waals surface area contributed by atoms with Gasteiger partial charge < -0.3 is 14.4 Å². The fourth-order valence-corrected chi connectivity index (χ4v) is 3.77. The average molecular weight is 341 g/mol. The summed E-state index contributed by atoms with van der Waals surface area (Å²) in [5.41, 5.74) is 3.04. The predicted molar refractivity (Wildman–Crippen MR) is 99.1 cm³/mol. The lowest BCUT2D eigenvalue weighted by Crippen LogP contribution is -2.35. The van der Waals surface area contributed by atoms with Crippen molar-refractivity contribution >= 4 is 11.7 Å². The molecule has 1 aliphatic rings. The molecule has 1 amide bonds. The molecule has 0 spiro atoms. The molecule has 2 aromatic heterocycles. The van der Waals surface area contributed by atoms with E-state index in [4.69, 9.17) is 0 Å².